The largest absolute Gasteiger partial charge is 0.388 e. The van der Waals surface area contributed by atoms with Crippen molar-refractivity contribution in [3.8, 4) is 0 Å². The van der Waals surface area contributed by atoms with Crippen molar-refractivity contribution < 1.29 is 5.11 Å². The van der Waals surface area contributed by atoms with Crippen LogP contribution in [0.25, 0.3) is 0 Å². The number of halogens is 1. The Kier molecular flexibility index (Phi) is 6.01. The maximum absolute atomic E-state index is 10.8. The van der Waals surface area contributed by atoms with E-state index >= 15 is 0 Å². The molecule has 1 saturated heterocycles. The van der Waals surface area contributed by atoms with Gasteiger partial charge in [-0.25, -0.2) is 0 Å². The van der Waals surface area contributed by atoms with Crippen molar-refractivity contribution in [1.29, 1.82) is 0 Å². The lowest BCUT2D eigenvalue weighted by Gasteiger charge is -2.35. The van der Waals surface area contributed by atoms with Gasteiger partial charge < -0.3 is 10.0 Å². The molecule has 2 nitrogen and oxygen atoms in total. The van der Waals surface area contributed by atoms with Gasteiger partial charge in [0.15, 0.2) is 0 Å². The molecule has 4 rings (SSSR count). The van der Waals surface area contributed by atoms with Gasteiger partial charge in [-0.2, -0.15) is 0 Å². The predicted octanol–water partition coefficient (Wildman–Crippen LogP) is 5.62. The molecule has 2 aromatic rings. The zero-order chi connectivity index (χ0) is 18.8. The van der Waals surface area contributed by atoms with Crippen LogP contribution in [0, 0.1) is 12.8 Å². The Morgan fingerprint density at radius 3 is 2.52 bits per heavy atom. The van der Waals surface area contributed by atoms with Gasteiger partial charge >= 0.3 is 0 Å². The van der Waals surface area contributed by atoms with Gasteiger partial charge in [0.1, 0.15) is 0 Å². The van der Waals surface area contributed by atoms with E-state index in [1.54, 1.807) is 0 Å². The number of aliphatic hydroxyl groups is 1. The zero-order valence-electron chi connectivity index (χ0n) is 16.2. The van der Waals surface area contributed by atoms with Crippen molar-refractivity contribution in [1.82, 2.24) is 4.90 Å². The summed E-state index contributed by atoms with van der Waals surface area (Å²) >= 11 is 3.72. The number of nitrogens with zero attached hydrogens (tertiary/aromatic N) is 1. The van der Waals surface area contributed by atoms with Crippen molar-refractivity contribution in [2.75, 3.05) is 19.6 Å². The maximum atomic E-state index is 10.8. The first kappa shape index (κ1) is 19.2. The van der Waals surface area contributed by atoms with Gasteiger partial charge in [-0.15, -0.1) is 0 Å². The Bertz CT molecular complexity index is 782. The van der Waals surface area contributed by atoms with E-state index in [2.05, 4.69) is 70.2 Å². The van der Waals surface area contributed by atoms with E-state index in [0.29, 0.717) is 11.8 Å². The predicted molar refractivity (Wildman–Crippen MR) is 115 cm³/mol. The SMILES string of the molecule is Cc1cccc2c1CCC(CN1CCC(c3ccccc3Br)CC1)CC2O. The molecule has 27 heavy (non-hydrogen) atoms. The second-order valence-corrected chi connectivity index (χ2v) is 9.25. The van der Waals surface area contributed by atoms with E-state index in [1.165, 1.54) is 59.1 Å². The summed E-state index contributed by atoms with van der Waals surface area (Å²) in [6.07, 6.45) is 5.37. The average molecular weight is 428 g/mol. The van der Waals surface area contributed by atoms with Crippen LogP contribution in [0.2, 0.25) is 0 Å². The van der Waals surface area contributed by atoms with E-state index in [0.717, 1.165) is 19.4 Å². The molecule has 144 valence electrons. The second-order valence-electron chi connectivity index (χ2n) is 8.40. The highest BCUT2D eigenvalue weighted by Gasteiger charge is 2.27. The van der Waals surface area contributed by atoms with Crippen LogP contribution >= 0.6 is 15.9 Å². The summed E-state index contributed by atoms with van der Waals surface area (Å²) in [4.78, 5) is 2.63. The maximum Gasteiger partial charge on any atom is 0.0795 e. The minimum absolute atomic E-state index is 0.301. The smallest absolute Gasteiger partial charge is 0.0795 e. The van der Waals surface area contributed by atoms with Crippen molar-refractivity contribution in [2.24, 2.45) is 5.92 Å². The van der Waals surface area contributed by atoms with Gasteiger partial charge in [0.25, 0.3) is 0 Å². The summed E-state index contributed by atoms with van der Waals surface area (Å²) in [7, 11) is 0. The van der Waals surface area contributed by atoms with E-state index in [4.69, 9.17) is 0 Å². The topological polar surface area (TPSA) is 23.5 Å². The molecule has 0 amide bonds. The van der Waals surface area contributed by atoms with Crippen LogP contribution < -0.4 is 0 Å². The molecular weight excluding hydrogens is 398 g/mol. The van der Waals surface area contributed by atoms with E-state index in [-0.39, 0.29) is 6.10 Å². The number of aryl methyl sites for hydroxylation is 1. The highest BCUT2D eigenvalue weighted by atomic mass is 79.9. The fourth-order valence-electron chi connectivity index (χ4n) is 5.05. The number of hydrogen-bond acceptors (Lipinski definition) is 2. The molecule has 1 aliphatic heterocycles. The van der Waals surface area contributed by atoms with Crippen molar-refractivity contribution in [2.45, 2.75) is 51.0 Å². The first-order valence-electron chi connectivity index (χ1n) is 10.3. The minimum Gasteiger partial charge on any atom is -0.388 e. The lowest BCUT2D eigenvalue weighted by molar-refractivity contribution is 0.117. The molecule has 0 saturated carbocycles. The first-order chi connectivity index (χ1) is 13.1. The molecule has 1 aliphatic carbocycles. The summed E-state index contributed by atoms with van der Waals surface area (Å²) in [6.45, 7) is 5.65. The van der Waals surface area contributed by atoms with E-state index in [1.807, 2.05) is 0 Å². The summed E-state index contributed by atoms with van der Waals surface area (Å²) in [5, 5.41) is 10.8. The molecule has 1 heterocycles. The highest BCUT2D eigenvalue weighted by molar-refractivity contribution is 9.10. The van der Waals surface area contributed by atoms with Crippen LogP contribution in [0.1, 0.15) is 60.0 Å². The first-order valence-corrected chi connectivity index (χ1v) is 11.1. The average Bonchev–Trinajstić information content (AvgIpc) is 2.83. The molecule has 2 aromatic carbocycles. The van der Waals surface area contributed by atoms with Crippen molar-refractivity contribution in [3.63, 3.8) is 0 Å². The Morgan fingerprint density at radius 2 is 1.74 bits per heavy atom. The quantitative estimate of drug-likeness (QED) is 0.642. The fourth-order valence-corrected chi connectivity index (χ4v) is 5.66. The third-order valence-corrected chi connectivity index (χ3v) is 7.34. The number of rotatable bonds is 3. The van der Waals surface area contributed by atoms with Gasteiger partial charge in [0, 0.05) is 11.0 Å². The van der Waals surface area contributed by atoms with Crippen LogP contribution in [0.4, 0.5) is 0 Å². The normalized spacial score (nSPS) is 24.4. The molecule has 3 heteroatoms. The van der Waals surface area contributed by atoms with Crippen LogP contribution in [0.15, 0.2) is 46.9 Å². The molecular formula is C24H30BrNO. The summed E-state index contributed by atoms with van der Waals surface area (Å²) < 4.78 is 1.25. The molecule has 0 spiro atoms. The van der Waals surface area contributed by atoms with E-state index in [9.17, 15) is 5.11 Å². The standard InChI is InChI=1S/C24H30BrNO/c1-17-5-4-7-22-20(17)10-9-18(15-24(22)27)16-26-13-11-19(12-14-26)21-6-2-3-8-23(21)25/h2-8,18-19,24,27H,9-16H2,1H3. The zero-order valence-corrected chi connectivity index (χ0v) is 17.8. The number of benzene rings is 2. The van der Waals surface area contributed by atoms with Gasteiger partial charge in [-0.05, 0) is 92.3 Å². The molecule has 0 radical (unpaired) electrons. The molecule has 0 bridgehead atoms. The van der Waals surface area contributed by atoms with Crippen molar-refractivity contribution in [3.05, 3.63) is 69.2 Å². The number of piperidine rings is 1. The molecule has 2 aliphatic rings. The van der Waals surface area contributed by atoms with Gasteiger partial charge in [-0.1, -0.05) is 52.3 Å². The Morgan fingerprint density at radius 1 is 1.00 bits per heavy atom. The monoisotopic (exact) mass is 427 g/mol. The third kappa shape index (κ3) is 4.31. The lowest BCUT2D eigenvalue weighted by atomic mass is 9.88. The molecule has 1 N–H and O–H groups in total. The number of fused-ring (bicyclic) bond motifs is 1. The van der Waals surface area contributed by atoms with Crippen LogP contribution in [0.3, 0.4) is 0 Å². The molecule has 2 unspecified atom stereocenters. The highest BCUT2D eigenvalue weighted by Crippen LogP contribution is 2.36. The second kappa shape index (κ2) is 8.46. The minimum atomic E-state index is -0.301. The Hall–Kier alpha value is -1.16. The number of likely N-dealkylation sites (tertiary alicyclic amines) is 1. The van der Waals surface area contributed by atoms with Gasteiger partial charge in [-0.3, -0.25) is 0 Å². The number of aliphatic hydroxyl groups excluding tert-OH is 1. The summed E-state index contributed by atoms with van der Waals surface area (Å²) in [6, 6.07) is 15.1. The molecule has 1 fully saturated rings. The van der Waals surface area contributed by atoms with Gasteiger partial charge in [0.2, 0.25) is 0 Å². The molecule has 2 atom stereocenters. The van der Waals surface area contributed by atoms with Crippen LogP contribution in [-0.4, -0.2) is 29.6 Å². The fraction of sp³-hybridized carbons (Fsp3) is 0.500. The summed E-state index contributed by atoms with van der Waals surface area (Å²) in [5.41, 5.74) is 5.36. The van der Waals surface area contributed by atoms with E-state index < -0.39 is 0 Å². The number of hydrogen-bond donors (Lipinski definition) is 1. The third-order valence-electron chi connectivity index (χ3n) is 6.61. The Balaban J connectivity index is 1.35. The van der Waals surface area contributed by atoms with Crippen molar-refractivity contribution >= 4 is 15.9 Å². The van der Waals surface area contributed by atoms with Crippen LogP contribution in [-0.2, 0) is 6.42 Å². The van der Waals surface area contributed by atoms with Crippen LogP contribution in [0.5, 0.6) is 0 Å². The molecule has 0 aromatic heterocycles. The summed E-state index contributed by atoms with van der Waals surface area (Å²) in [5.74, 6) is 1.26. The lowest BCUT2D eigenvalue weighted by Crippen LogP contribution is -2.37. The van der Waals surface area contributed by atoms with Gasteiger partial charge in [0.05, 0.1) is 6.10 Å². The Labute approximate surface area is 171 Å².